The van der Waals surface area contributed by atoms with Crippen LogP contribution in [0, 0.1) is 0 Å². The van der Waals surface area contributed by atoms with Gasteiger partial charge in [-0.25, -0.2) is 0 Å². The second kappa shape index (κ2) is 13.7. The third-order valence-corrected chi connectivity index (χ3v) is 7.87. The van der Waals surface area contributed by atoms with E-state index in [1.807, 2.05) is 12.1 Å². The van der Waals surface area contributed by atoms with Gasteiger partial charge in [-0.05, 0) is 67.3 Å². The summed E-state index contributed by atoms with van der Waals surface area (Å²) in [6.07, 6.45) is 7.14. The van der Waals surface area contributed by atoms with Crippen molar-refractivity contribution in [2.24, 2.45) is 0 Å². The predicted octanol–water partition coefficient (Wildman–Crippen LogP) is 5.65. The van der Waals surface area contributed by atoms with Gasteiger partial charge < -0.3 is 23.8 Å². The number of carbonyl (C=O) groups excluding carboxylic acids is 1. The van der Waals surface area contributed by atoms with Crippen LogP contribution in [0.1, 0.15) is 69.4 Å². The Morgan fingerprint density at radius 1 is 1.03 bits per heavy atom. The van der Waals surface area contributed by atoms with E-state index in [-0.39, 0.29) is 18.6 Å². The molecular formula is C31H44N2O5. The number of rotatable bonds is 14. The Balaban J connectivity index is 1.53. The van der Waals surface area contributed by atoms with Crippen LogP contribution in [0.15, 0.2) is 36.4 Å². The standard InChI is InChI=1S/C31H44N2O5/c1-5-7-15-32(16-8-6-2)30(34)21-33-20-25(24-18-28(36-4)31-29(19-24)37-22-38-31)17-26(33)14-13-23-11-9-10-12-27(23)35-3/h9-12,18-19,25-26H,5-8,13-17,20-22H2,1-4H3/t25-,26+/m1/s1. The zero-order chi connectivity index (χ0) is 26.9. The van der Waals surface area contributed by atoms with Crippen molar-refractivity contribution < 1.29 is 23.7 Å². The molecule has 0 aromatic heterocycles. The molecule has 4 rings (SSSR count). The Kier molecular flexibility index (Phi) is 10.2. The number of carbonyl (C=O) groups is 1. The van der Waals surface area contributed by atoms with Crippen LogP contribution >= 0.6 is 0 Å². The molecule has 0 radical (unpaired) electrons. The maximum absolute atomic E-state index is 13.5. The Hall–Kier alpha value is -2.93. The Morgan fingerprint density at radius 2 is 1.76 bits per heavy atom. The van der Waals surface area contributed by atoms with Gasteiger partial charge in [0.15, 0.2) is 11.5 Å². The molecule has 0 aliphatic carbocycles. The lowest BCUT2D eigenvalue weighted by atomic mass is 9.93. The van der Waals surface area contributed by atoms with Crippen molar-refractivity contribution in [2.75, 3.05) is 47.2 Å². The molecule has 2 aromatic carbocycles. The quantitative estimate of drug-likeness (QED) is 0.318. The first-order valence-electron chi connectivity index (χ1n) is 14.2. The molecule has 2 aliphatic heterocycles. The van der Waals surface area contributed by atoms with Crippen LogP contribution in [0.25, 0.3) is 0 Å². The summed E-state index contributed by atoms with van der Waals surface area (Å²) in [4.78, 5) is 18.0. The fraction of sp³-hybridized carbons (Fsp3) is 0.581. The summed E-state index contributed by atoms with van der Waals surface area (Å²) in [5.74, 6) is 3.59. The second-order valence-corrected chi connectivity index (χ2v) is 10.4. The first kappa shape index (κ1) is 28.1. The lowest BCUT2D eigenvalue weighted by Crippen LogP contribution is -2.43. The number of unbranched alkanes of at least 4 members (excludes halogenated alkanes) is 2. The van der Waals surface area contributed by atoms with Gasteiger partial charge in [0.2, 0.25) is 18.4 Å². The molecule has 1 fully saturated rings. The zero-order valence-corrected chi connectivity index (χ0v) is 23.5. The average molecular weight is 525 g/mol. The van der Waals surface area contributed by atoms with Crippen LogP contribution in [0.5, 0.6) is 23.0 Å². The molecule has 2 aliphatic rings. The van der Waals surface area contributed by atoms with E-state index in [2.05, 4.69) is 47.9 Å². The van der Waals surface area contributed by atoms with Crippen molar-refractivity contribution in [3.63, 3.8) is 0 Å². The normalized spacial score (nSPS) is 18.5. The number of aryl methyl sites for hydroxylation is 1. The number of nitrogens with zero attached hydrogens (tertiary/aromatic N) is 2. The van der Waals surface area contributed by atoms with E-state index in [0.29, 0.717) is 24.1 Å². The minimum absolute atomic E-state index is 0.216. The SMILES string of the molecule is CCCCN(CCCC)C(=O)CN1C[C@H](c2cc(OC)c3c(c2)OCO3)C[C@@H]1CCc1ccccc1OC. The van der Waals surface area contributed by atoms with Crippen molar-refractivity contribution in [2.45, 2.75) is 70.8 Å². The summed E-state index contributed by atoms with van der Waals surface area (Å²) in [6, 6.07) is 12.7. The Morgan fingerprint density at radius 3 is 2.47 bits per heavy atom. The molecule has 0 N–H and O–H groups in total. The van der Waals surface area contributed by atoms with Crippen LogP contribution in [0.2, 0.25) is 0 Å². The number of hydrogen-bond acceptors (Lipinski definition) is 6. The third-order valence-electron chi connectivity index (χ3n) is 7.87. The highest BCUT2D eigenvalue weighted by Gasteiger charge is 2.36. The van der Waals surface area contributed by atoms with Gasteiger partial charge in [0.05, 0.1) is 20.8 Å². The average Bonchev–Trinajstić information content (AvgIpc) is 3.58. The van der Waals surface area contributed by atoms with Gasteiger partial charge in [-0.15, -0.1) is 0 Å². The van der Waals surface area contributed by atoms with E-state index in [1.54, 1.807) is 14.2 Å². The lowest BCUT2D eigenvalue weighted by Gasteiger charge is -2.29. The Labute approximate surface area is 228 Å². The molecule has 208 valence electrons. The van der Waals surface area contributed by atoms with Crippen LogP contribution in [-0.4, -0.2) is 68.9 Å². The highest BCUT2D eigenvalue weighted by molar-refractivity contribution is 5.78. The minimum atomic E-state index is 0.216. The van der Waals surface area contributed by atoms with Crippen molar-refractivity contribution >= 4 is 5.91 Å². The molecule has 1 saturated heterocycles. The molecule has 0 spiro atoms. The summed E-state index contributed by atoms with van der Waals surface area (Å²) < 4.78 is 22.5. The highest BCUT2D eigenvalue weighted by Crippen LogP contribution is 2.45. The van der Waals surface area contributed by atoms with E-state index in [0.717, 1.165) is 76.1 Å². The fourth-order valence-electron chi connectivity index (χ4n) is 5.67. The molecule has 1 amide bonds. The lowest BCUT2D eigenvalue weighted by molar-refractivity contribution is -0.132. The van der Waals surface area contributed by atoms with Crippen molar-refractivity contribution in [3.8, 4) is 23.0 Å². The fourth-order valence-corrected chi connectivity index (χ4v) is 5.67. The maximum atomic E-state index is 13.5. The smallest absolute Gasteiger partial charge is 0.236 e. The first-order chi connectivity index (χ1) is 18.6. The zero-order valence-electron chi connectivity index (χ0n) is 23.5. The van der Waals surface area contributed by atoms with Gasteiger partial charge in [0, 0.05) is 25.7 Å². The van der Waals surface area contributed by atoms with Gasteiger partial charge >= 0.3 is 0 Å². The summed E-state index contributed by atoms with van der Waals surface area (Å²) in [6.45, 7) is 7.56. The largest absolute Gasteiger partial charge is 0.496 e. The number of para-hydroxylation sites is 1. The first-order valence-corrected chi connectivity index (χ1v) is 14.2. The van der Waals surface area contributed by atoms with E-state index < -0.39 is 0 Å². The van der Waals surface area contributed by atoms with Crippen molar-refractivity contribution in [1.82, 2.24) is 9.80 Å². The summed E-state index contributed by atoms with van der Waals surface area (Å²) >= 11 is 0. The summed E-state index contributed by atoms with van der Waals surface area (Å²) in [5.41, 5.74) is 2.39. The van der Waals surface area contributed by atoms with Crippen LogP contribution in [0.4, 0.5) is 0 Å². The maximum Gasteiger partial charge on any atom is 0.236 e. The molecule has 0 unspecified atom stereocenters. The summed E-state index contributed by atoms with van der Waals surface area (Å²) in [7, 11) is 3.39. The molecule has 0 saturated carbocycles. The molecule has 7 nitrogen and oxygen atoms in total. The highest BCUT2D eigenvalue weighted by atomic mass is 16.7. The topological polar surface area (TPSA) is 60.5 Å². The van der Waals surface area contributed by atoms with Gasteiger partial charge in [-0.2, -0.15) is 0 Å². The van der Waals surface area contributed by atoms with Gasteiger partial charge in [-0.3, -0.25) is 9.69 Å². The number of methoxy groups -OCH3 is 2. The van der Waals surface area contributed by atoms with E-state index in [9.17, 15) is 4.79 Å². The third kappa shape index (κ3) is 6.73. The molecule has 38 heavy (non-hydrogen) atoms. The van der Waals surface area contributed by atoms with Crippen LogP contribution in [0.3, 0.4) is 0 Å². The molecule has 7 heteroatoms. The number of hydrogen-bond donors (Lipinski definition) is 0. The molecule has 0 bridgehead atoms. The van der Waals surface area contributed by atoms with Crippen LogP contribution in [-0.2, 0) is 11.2 Å². The van der Waals surface area contributed by atoms with Gasteiger partial charge in [0.25, 0.3) is 0 Å². The van der Waals surface area contributed by atoms with E-state index in [1.165, 1.54) is 11.1 Å². The number of fused-ring (bicyclic) bond motifs is 1. The van der Waals surface area contributed by atoms with E-state index >= 15 is 0 Å². The number of benzene rings is 2. The number of amides is 1. The molecular weight excluding hydrogens is 480 g/mol. The van der Waals surface area contributed by atoms with Crippen molar-refractivity contribution in [3.05, 3.63) is 47.5 Å². The van der Waals surface area contributed by atoms with E-state index in [4.69, 9.17) is 18.9 Å². The second-order valence-electron chi connectivity index (χ2n) is 10.4. The van der Waals surface area contributed by atoms with Crippen molar-refractivity contribution in [1.29, 1.82) is 0 Å². The number of likely N-dealkylation sites (tertiary alicyclic amines) is 1. The Bertz CT molecular complexity index is 1050. The molecule has 2 aromatic rings. The van der Waals surface area contributed by atoms with Crippen LogP contribution < -0.4 is 18.9 Å². The monoisotopic (exact) mass is 524 g/mol. The number of ether oxygens (including phenoxy) is 4. The summed E-state index contributed by atoms with van der Waals surface area (Å²) in [5, 5.41) is 0. The molecule has 2 heterocycles. The molecule has 2 atom stereocenters. The minimum Gasteiger partial charge on any atom is -0.496 e. The van der Waals surface area contributed by atoms with Gasteiger partial charge in [-0.1, -0.05) is 44.9 Å². The predicted molar refractivity (Wildman–Crippen MR) is 150 cm³/mol. The van der Waals surface area contributed by atoms with Gasteiger partial charge in [0.1, 0.15) is 5.75 Å².